The second kappa shape index (κ2) is 12.4. The molecular formula is C31H32N8O4S. The lowest BCUT2D eigenvalue weighted by molar-refractivity contribution is 0.0668. The normalized spacial score (nSPS) is 15.4. The van der Waals surface area contributed by atoms with E-state index in [0.717, 1.165) is 24.2 Å². The number of nitrogens with zero attached hydrogens (tertiary/aromatic N) is 7. The maximum absolute atomic E-state index is 13.5. The summed E-state index contributed by atoms with van der Waals surface area (Å²) in [5.74, 6) is 1.31. The van der Waals surface area contributed by atoms with Gasteiger partial charge >= 0.3 is 0 Å². The molecule has 5 aromatic rings. The Morgan fingerprint density at radius 2 is 1.80 bits per heavy atom. The summed E-state index contributed by atoms with van der Waals surface area (Å²) in [5.41, 5.74) is 8.41. The van der Waals surface area contributed by atoms with Crippen molar-refractivity contribution in [1.29, 1.82) is 0 Å². The summed E-state index contributed by atoms with van der Waals surface area (Å²) in [5, 5.41) is 5.26. The summed E-state index contributed by atoms with van der Waals surface area (Å²) < 4.78 is 33.1. The zero-order chi connectivity index (χ0) is 30.7. The minimum Gasteiger partial charge on any atom is -0.457 e. The Labute approximate surface area is 254 Å². The number of piperidine rings is 1. The smallest absolute Gasteiger partial charge is 0.272 e. The van der Waals surface area contributed by atoms with Crippen LogP contribution in [0.2, 0.25) is 0 Å². The molecule has 0 bridgehead atoms. The number of nitrogens with two attached hydrogens (primary N) is 1. The van der Waals surface area contributed by atoms with E-state index in [1.165, 1.54) is 18.6 Å². The monoisotopic (exact) mass is 612 g/mol. The molecule has 1 atom stereocenters. The predicted octanol–water partition coefficient (Wildman–Crippen LogP) is 4.71. The summed E-state index contributed by atoms with van der Waals surface area (Å²) >= 11 is 0. The van der Waals surface area contributed by atoms with Gasteiger partial charge in [0.25, 0.3) is 5.91 Å². The fraction of sp³-hybridized carbons (Fsp3) is 0.290. The number of benzene rings is 2. The molecule has 1 aliphatic rings. The molecule has 1 aliphatic heterocycles. The van der Waals surface area contributed by atoms with Gasteiger partial charge in [0.1, 0.15) is 35.0 Å². The Hall–Kier alpha value is -4.91. The summed E-state index contributed by atoms with van der Waals surface area (Å²) in [6, 6.07) is 18.3. The molecule has 0 saturated carbocycles. The number of hydrogen-bond donors (Lipinski definition) is 1. The molecule has 0 spiro atoms. The molecule has 13 heteroatoms. The summed E-state index contributed by atoms with van der Waals surface area (Å²) in [7, 11) is -3.67. The number of carbonyl (C=O) groups is 1. The SMILES string of the molecule is CCCCS(=O)(=O)c1nccc(C(=O)N2CCC[C@H](n3nc(-c4ccc(Oc5ccccc5)cc4)c4c(N)ncnc43)C2)n1. The van der Waals surface area contributed by atoms with Crippen molar-refractivity contribution < 1.29 is 17.9 Å². The third kappa shape index (κ3) is 5.95. The van der Waals surface area contributed by atoms with Crippen LogP contribution in [0.3, 0.4) is 0 Å². The van der Waals surface area contributed by atoms with Crippen LogP contribution in [-0.2, 0) is 9.84 Å². The van der Waals surface area contributed by atoms with Crippen LogP contribution in [0, 0.1) is 0 Å². The Bertz CT molecular complexity index is 1900. The van der Waals surface area contributed by atoms with Crippen LogP contribution in [0.15, 0.2) is 78.3 Å². The number of sulfone groups is 1. The predicted molar refractivity (Wildman–Crippen MR) is 165 cm³/mol. The fourth-order valence-corrected chi connectivity index (χ4v) is 6.60. The zero-order valence-electron chi connectivity index (χ0n) is 24.2. The molecule has 12 nitrogen and oxygen atoms in total. The van der Waals surface area contributed by atoms with Crippen LogP contribution in [0.25, 0.3) is 22.3 Å². The fourth-order valence-electron chi connectivity index (χ4n) is 5.29. The van der Waals surface area contributed by atoms with E-state index in [1.807, 2.05) is 66.2 Å². The van der Waals surface area contributed by atoms with Gasteiger partial charge in [-0.3, -0.25) is 4.79 Å². The molecule has 226 valence electrons. The maximum Gasteiger partial charge on any atom is 0.272 e. The number of rotatable bonds is 9. The lowest BCUT2D eigenvalue weighted by Crippen LogP contribution is -2.41. The van der Waals surface area contributed by atoms with Gasteiger partial charge in [-0.1, -0.05) is 31.5 Å². The zero-order valence-corrected chi connectivity index (χ0v) is 25.0. The van der Waals surface area contributed by atoms with Gasteiger partial charge in [0.2, 0.25) is 15.0 Å². The quantitative estimate of drug-likeness (QED) is 0.231. The van der Waals surface area contributed by atoms with Crippen molar-refractivity contribution in [3.05, 3.63) is 78.9 Å². The minimum absolute atomic E-state index is 0.0473. The average molecular weight is 613 g/mol. The molecular weight excluding hydrogens is 580 g/mol. The van der Waals surface area contributed by atoms with Gasteiger partial charge in [0, 0.05) is 24.8 Å². The van der Waals surface area contributed by atoms with Crippen LogP contribution in [0.1, 0.15) is 49.1 Å². The van der Waals surface area contributed by atoms with Crippen LogP contribution >= 0.6 is 0 Å². The first-order valence-corrected chi connectivity index (χ1v) is 16.2. The Balaban J connectivity index is 1.27. The van der Waals surface area contributed by atoms with Gasteiger partial charge < -0.3 is 15.4 Å². The van der Waals surface area contributed by atoms with Crippen molar-refractivity contribution in [1.82, 2.24) is 34.6 Å². The number of ether oxygens (including phenoxy) is 1. The number of para-hydroxylation sites is 1. The van der Waals surface area contributed by atoms with Crippen molar-refractivity contribution in [2.24, 2.45) is 0 Å². The summed E-state index contributed by atoms with van der Waals surface area (Å²) in [6.07, 6.45) is 5.42. The summed E-state index contributed by atoms with van der Waals surface area (Å²) in [6.45, 7) is 2.75. The van der Waals surface area contributed by atoms with Gasteiger partial charge in [0.05, 0.1) is 17.2 Å². The molecule has 1 saturated heterocycles. The number of nitrogen functional groups attached to an aromatic ring is 1. The molecule has 3 aromatic heterocycles. The van der Waals surface area contributed by atoms with Crippen LogP contribution in [0.4, 0.5) is 5.82 Å². The molecule has 44 heavy (non-hydrogen) atoms. The summed E-state index contributed by atoms with van der Waals surface area (Å²) in [4.78, 5) is 32.0. The third-order valence-corrected chi connectivity index (χ3v) is 9.13. The number of carbonyl (C=O) groups excluding carboxylic acids is 1. The average Bonchev–Trinajstić information content (AvgIpc) is 3.45. The standard InChI is InChI=1S/C31H32N8O4S/c1-2-3-18-44(41,42)31-33-16-15-25(36-31)30(40)38-17-7-8-22(19-38)39-29-26(28(32)34-20-35-29)27(37-39)21-11-13-24(14-12-21)43-23-9-5-4-6-10-23/h4-6,9-16,20,22H,2-3,7-8,17-19H2,1H3,(H2,32,34,35)/t22-/m0/s1. The number of fused-ring (bicyclic) bond motifs is 1. The molecule has 0 unspecified atom stereocenters. The van der Waals surface area contributed by atoms with E-state index < -0.39 is 9.84 Å². The van der Waals surface area contributed by atoms with Gasteiger partial charge in [-0.05, 0) is 61.7 Å². The van der Waals surface area contributed by atoms with Crippen LogP contribution < -0.4 is 10.5 Å². The highest BCUT2D eigenvalue weighted by Crippen LogP contribution is 2.35. The molecule has 1 amide bonds. The highest BCUT2D eigenvalue weighted by Gasteiger charge is 2.30. The first kappa shape index (κ1) is 29.2. The van der Waals surface area contributed by atoms with E-state index in [1.54, 1.807) is 4.90 Å². The molecule has 2 aromatic carbocycles. The van der Waals surface area contributed by atoms with E-state index in [0.29, 0.717) is 54.2 Å². The van der Waals surface area contributed by atoms with E-state index >= 15 is 0 Å². The largest absolute Gasteiger partial charge is 0.457 e. The van der Waals surface area contributed by atoms with Gasteiger partial charge in [0.15, 0.2) is 5.65 Å². The van der Waals surface area contributed by atoms with E-state index in [9.17, 15) is 13.2 Å². The second-order valence-corrected chi connectivity index (χ2v) is 12.6. The first-order valence-electron chi connectivity index (χ1n) is 14.5. The van der Waals surface area contributed by atoms with Gasteiger partial charge in [-0.15, -0.1) is 0 Å². The van der Waals surface area contributed by atoms with Gasteiger partial charge in [-0.25, -0.2) is 33.0 Å². The van der Waals surface area contributed by atoms with Crippen molar-refractivity contribution in [3.63, 3.8) is 0 Å². The van der Waals surface area contributed by atoms with Crippen molar-refractivity contribution in [3.8, 4) is 22.8 Å². The van der Waals surface area contributed by atoms with Crippen LogP contribution in [0.5, 0.6) is 11.5 Å². The molecule has 6 rings (SSSR count). The minimum atomic E-state index is -3.67. The Kier molecular flexibility index (Phi) is 8.20. The number of amides is 1. The first-order chi connectivity index (χ1) is 21.3. The lowest BCUT2D eigenvalue weighted by Gasteiger charge is -2.32. The van der Waals surface area contributed by atoms with E-state index in [4.69, 9.17) is 15.6 Å². The highest BCUT2D eigenvalue weighted by molar-refractivity contribution is 7.91. The molecule has 0 radical (unpaired) electrons. The number of likely N-dealkylation sites (tertiary alicyclic amines) is 1. The lowest BCUT2D eigenvalue weighted by atomic mass is 10.1. The van der Waals surface area contributed by atoms with E-state index in [-0.39, 0.29) is 28.6 Å². The molecule has 4 heterocycles. The topological polar surface area (TPSA) is 159 Å². The van der Waals surface area contributed by atoms with Crippen molar-refractivity contribution in [2.45, 2.75) is 43.8 Å². The van der Waals surface area contributed by atoms with Crippen molar-refractivity contribution in [2.75, 3.05) is 24.6 Å². The van der Waals surface area contributed by atoms with Gasteiger partial charge in [-0.2, -0.15) is 5.10 Å². The number of unbranched alkanes of at least 4 members (excludes halogenated alkanes) is 1. The molecule has 1 fully saturated rings. The molecule has 2 N–H and O–H groups in total. The number of aromatic nitrogens is 6. The van der Waals surface area contributed by atoms with E-state index in [2.05, 4.69) is 19.9 Å². The Morgan fingerprint density at radius 3 is 2.57 bits per heavy atom. The second-order valence-electron chi connectivity index (χ2n) is 10.6. The highest BCUT2D eigenvalue weighted by atomic mass is 32.2. The molecule has 0 aliphatic carbocycles. The Morgan fingerprint density at radius 1 is 1.02 bits per heavy atom. The third-order valence-electron chi connectivity index (χ3n) is 7.55. The number of hydrogen-bond acceptors (Lipinski definition) is 10. The van der Waals surface area contributed by atoms with Crippen LogP contribution in [-0.4, -0.2) is 67.8 Å². The number of anilines is 1. The van der Waals surface area contributed by atoms with Crippen molar-refractivity contribution >= 4 is 32.6 Å². The maximum atomic E-state index is 13.5.